The second kappa shape index (κ2) is 11.8. The molecule has 1 saturated carbocycles. The van der Waals surface area contributed by atoms with Gasteiger partial charge >= 0.3 is 0 Å². The van der Waals surface area contributed by atoms with Gasteiger partial charge in [0.1, 0.15) is 0 Å². The maximum absolute atomic E-state index is 12.8. The van der Waals surface area contributed by atoms with Crippen molar-refractivity contribution in [3.05, 3.63) is 29.3 Å². The Kier molecular flexibility index (Phi) is 9.71. The number of nitrogens with zero attached hydrogens (tertiary/aromatic N) is 3. The van der Waals surface area contributed by atoms with Crippen LogP contribution in [-0.2, 0) is 11.3 Å². The van der Waals surface area contributed by atoms with E-state index >= 15 is 0 Å². The molecule has 0 radical (unpaired) electrons. The van der Waals surface area contributed by atoms with Crippen molar-refractivity contribution in [2.45, 2.75) is 58.0 Å². The number of likely N-dealkylation sites (tertiary alicyclic amines) is 1. The molecule has 1 aliphatic heterocycles. The molecule has 3 rings (SSSR count). The average Bonchev–Trinajstić information content (AvgIpc) is 3.20. The Bertz CT molecular complexity index is 730. The number of carbonyl (C=O) groups is 1. The molecule has 1 heterocycles. The molecule has 1 aromatic rings. The largest absolute Gasteiger partial charge is 0.378 e. The third kappa shape index (κ3) is 6.49. The first-order valence-electron chi connectivity index (χ1n) is 11.0. The molecule has 1 amide bonds. The number of anilines is 1. The first-order chi connectivity index (χ1) is 14.0. The van der Waals surface area contributed by atoms with Gasteiger partial charge in [0, 0.05) is 58.4 Å². The van der Waals surface area contributed by atoms with E-state index in [-0.39, 0.29) is 35.9 Å². The summed E-state index contributed by atoms with van der Waals surface area (Å²) >= 11 is 0. The number of hydrogen-bond donors (Lipinski definition) is 2. The average molecular weight is 527 g/mol. The minimum absolute atomic E-state index is 0. The van der Waals surface area contributed by atoms with Crippen molar-refractivity contribution in [3.63, 3.8) is 0 Å². The van der Waals surface area contributed by atoms with E-state index in [4.69, 9.17) is 0 Å². The molecule has 1 aromatic carbocycles. The maximum atomic E-state index is 12.8. The van der Waals surface area contributed by atoms with Crippen LogP contribution in [0.3, 0.4) is 0 Å². The highest BCUT2D eigenvalue weighted by molar-refractivity contribution is 14.0. The zero-order valence-corrected chi connectivity index (χ0v) is 21.2. The molecular formula is C23H38IN5O. The highest BCUT2D eigenvalue weighted by atomic mass is 127. The Morgan fingerprint density at radius 1 is 1.20 bits per heavy atom. The minimum Gasteiger partial charge on any atom is -0.378 e. The predicted octanol–water partition coefficient (Wildman–Crippen LogP) is 3.53. The maximum Gasteiger partial charge on any atom is 0.225 e. The van der Waals surface area contributed by atoms with Gasteiger partial charge < -0.3 is 20.4 Å². The Morgan fingerprint density at radius 2 is 1.93 bits per heavy atom. The lowest BCUT2D eigenvalue weighted by atomic mass is 9.88. The Morgan fingerprint density at radius 3 is 2.57 bits per heavy atom. The number of rotatable bonds is 5. The van der Waals surface area contributed by atoms with Crippen molar-refractivity contribution in [1.29, 1.82) is 0 Å². The smallest absolute Gasteiger partial charge is 0.225 e. The first-order valence-corrected chi connectivity index (χ1v) is 11.0. The molecule has 30 heavy (non-hydrogen) atoms. The lowest BCUT2D eigenvalue weighted by Crippen LogP contribution is -2.45. The molecule has 168 valence electrons. The van der Waals surface area contributed by atoms with Crippen LogP contribution in [0.2, 0.25) is 0 Å². The van der Waals surface area contributed by atoms with Crippen LogP contribution in [0.25, 0.3) is 0 Å². The SMILES string of the molecule is CN=C(NCc1ccc(N(C)C)cc1C)NC1CCN(C(=O)C2CCCCC2)C1.I. The van der Waals surface area contributed by atoms with Crippen molar-refractivity contribution < 1.29 is 4.79 Å². The second-order valence-electron chi connectivity index (χ2n) is 8.68. The van der Waals surface area contributed by atoms with Gasteiger partial charge in [0.05, 0.1) is 0 Å². The molecule has 0 aromatic heterocycles. The second-order valence-corrected chi connectivity index (χ2v) is 8.68. The third-order valence-corrected chi connectivity index (χ3v) is 6.31. The fourth-order valence-electron chi connectivity index (χ4n) is 4.41. The summed E-state index contributed by atoms with van der Waals surface area (Å²) in [6.45, 7) is 4.52. The highest BCUT2D eigenvalue weighted by Crippen LogP contribution is 2.26. The Hall–Kier alpha value is -1.51. The molecule has 1 aliphatic carbocycles. The summed E-state index contributed by atoms with van der Waals surface area (Å²) < 4.78 is 0. The summed E-state index contributed by atoms with van der Waals surface area (Å²) in [6, 6.07) is 6.79. The van der Waals surface area contributed by atoms with Crippen molar-refractivity contribution in [3.8, 4) is 0 Å². The molecule has 6 nitrogen and oxygen atoms in total. The fraction of sp³-hybridized carbons (Fsp3) is 0.652. The number of guanidine groups is 1. The monoisotopic (exact) mass is 527 g/mol. The van der Waals surface area contributed by atoms with E-state index in [1.54, 1.807) is 7.05 Å². The number of aryl methyl sites for hydroxylation is 1. The van der Waals surface area contributed by atoms with Gasteiger partial charge in [-0.05, 0) is 49.4 Å². The van der Waals surface area contributed by atoms with Gasteiger partial charge in [-0.15, -0.1) is 24.0 Å². The van der Waals surface area contributed by atoms with E-state index in [2.05, 4.69) is 64.6 Å². The van der Waals surface area contributed by atoms with Gasteiger partial charge in [0.2, 0.25) is 5.91 Å². The van der Waals surface area contributed by atoms with Crippen molar-refractivity contribution in [2.24, 2.45) is 10.9 Å². The summed E-state index contributed by atoms with van der Waals surface area (Å²) in [5, 5.41) is 6.94. The minimum atomic E-state index is 0. The number of halogens is 1. The zero-order chi connectivity index (χ0) is 20.8. The molecule has 1 unspecified atom stereocenters. The van der Waals surface area contributed by atoms with E-state index in [0.717, 1.165) is 44.9 Å². The lowest BCUT2D eigenvalue weighted by molar-refractivity contribution is -0.135. The number of benzene rings is 1. The van der Waals surface area contributed by atoms with E-state index in [1.807, 2.05) is 0 Å². The quantitative estimate of drug-likeness (QED) is 0.350. The zero-order valence-electron chi connectivity index (χ0n) is 18.9. The Labute approximate surface area is 198 Å². The first kappa shape index (κ1) is 24.8. The highest BCUT2D eigenvalue weighted by Gasteiger charge is 2.31. The molecular weight excluding hydrogens is 489 g/mol. The van der Waals surface area contributed by atoms with Crippen molar-refractivity contribution in [2.75, 3.05) is 39.1 Å². The summed E-state index contributed by atoms with van der Waals surface area (Å²) in [4.78, 5) is 21.3. The van der Waals surface area contributed by atoms with E-state index in [0.29, 0.717) is 5.91 Å². The van der Waals surface area contributed by atoms with Crippen LogP contribution < -0.4 is 15.5 Å². The van der Waals surface area contributed by atoms with Gasteiger partial charge in [0.15, 0.2) is 5.96 Å². The third-order valence-electron chi connectivity index (χ3n) is 6.31. The van der Waals surface area contributed by atoms with Crippen LogP contribution in [0.1, 0.15) is 49.7 Å². The van der Waals surface area contributed by atoms with Crippen LogP contribution in [0.5, 0.6) is 0 Å². The number of aliphatic imine (C=N–C) groups is 1. The lowest BCUT2D eigenvalue weighted by Gasteiger charge is -2.26. The van der Waals surface area contributed by atoms with E-state index in [9.17, 15) is 4.79 Å². The number of amides is 1. The molecule has 1 saturated heterocycles. The van der Waals surface area contributed by atoms with Gasteiger partial charge in [-0.3, -0.25) is 9.79 Å². The number of carbonyl (C=O) groups excluding carboxylic acids is 1. The van der Waals surface area contributed by atoms with Crippen LogP contribution in [-0.4, -0.2) is 57.0 Å². The molecule has 0 bridgehead atoms. The molecule has 7 heteroatoms. The van der Waals surface area contributed by atoms with Gasteiger partial charge in [-0.2, -0.15) is 0 Å². The number of nitrogens with one attached hydrogen (secondary N) is 2. The van der Waals surface area contributed by atoms with E-state index in [1.165, 1.54) is 36.1 Å². The van der Waals surface area contributed by atoms with Crippen molar-refractivity contribution >= 4 is 41.5 Å². The number of hydrogen-bond acceptors (Lipinski definition) is 3. The van der Waals surface area contributed by atoms with Crippen LogP contribution in [0.15, 0.2) is 23.2 Å². The predicted molar refractivity (Wildman–Crippen MR) is 136 cm³/mol. The summed E-state index contributed by atoms with van der Waals surface area (Å²) in [7, 11) is 5.92. The topological polar surface area (TPSA) is 60.0 Å². The van der Waals surface area contributed by atoms with Gasteiger partial charge in [0.25, 0.3) is 0 Å². The van der Waals surface area contributed by atoms with Crippen LogP contribution >= 0.6 is 24.0 Å². The normalized spacial score (nSPS) is 19.9. The standard InChI is InChI=1S/C23H37N5O.HI/c1-17-14-21(27(3)4)11-10-19(17)15-25-23(24-2)26-20-12-13-28(16-20)22(29)18-8-6-5-7-9-18;/h10-11,14,18,20H,5-9,12-13,15-16H2,1-4H3,(H2,24,25,26);1H. The molecule has 2 aliphatic rings. The summed E-state index contributed by atoms with van der Waals surface area (Å²) in [5.41, 5.74) is 3.74. The van der Waals surface area contributed by atoms with Crippen LogP contribution in [0, 0.1) is 12.8 Å². The molecule has 0 spiro atoms. The molecule has 1 atom stereocenters. The summed E-state index contributed by atoms with van der Waals surface area (Å²) in [5.74, 6) is 1.43. The fourth-order valence-corrected chi connectivity index (χ4v) is 4.41. The Balaban J connectivity index is 0.00000320. The van der Waals surface area contributed by atoms with Crippen LogP contribution in [0.4, 0.5) is 5.69 Å². The van der Waals surface area contributed by atoms with Gasteiger partial charge in [-0.25, -0.2) is 0 Å². The molecule has 2 N–H and O–H groups in total. The molecule has 2 fully saturated rings. The van der Waals surface area contributed by atoms with E-state index < -0.39 is 0 Å². The summed E-state index contributed by atoms with van der Waals surface area (Å²) in [6.07, 6.45) is 6.82. The van der Waals surface area contributed by atoms with Crippen molar-refractivity contribution in [1.82, 2.24) is 15.5 Å². The van der Waals surface area contributed by atoms with Gasteiger partial charge in [-0.1, -0.05) is 25.3 Å².